The van der Waals surface area contributed by atoms with Crippen LogP contribution in [-0.4, -0.2) is 17.9 Å². The first kappa shape index (κ1) is 14.6. The van der Waals surface area contributed by atoms with Crippen molar-refractivity contribution in [3.63, 3.8) is 0 Å². The third-order valence-corrected chi connectivity index (χ3v) is 4.56. The highest BCUT2D eigenvalue weighted by atomic mass is 19.4. The van der Waals surface area contributed by atoms with Crippen LogP contribution in [-0.2, 0) is 6.18 Å². The molecule has 5 heteroatoms. The first-order valence-electron chi connectivity index (χ1n) is 7.41. The van der Waals surface area contributed by atoms with E-state index in [0.717, 1.165) is 37.8 Å². The minimum Gasteiger partial charge on any atom is -0.311 e. The first-order valence-corrected chi connectivity index (χ1v) is 7.41. The molecule has 2 heterocycles. The van der Waals surface area contributed by atoms with Crippen LogP contribution in [0.2, 0.25) is 0 Å². The van der Waals surface area contributed by atoms with Crippen molar-refractivity contribution in [1.29, 1.82) is 0 Å². The van der Waals surface area contributed by atoms with Gasteiger partial charge in [-0.05, 0) is 37.8 Å². The summed E-state index contributed by atoms with van der Waals surface area (Å²) in [6.07, 6.45) is 0.372. The van der Waals surface area contributed by atoms with Crippen LogP contribution in [0.3, 0.4) is 0 Å². The molecular weight excluding hydrogens is 279 g/mol. The number of benzene rings is 1. The highest BCUT2D eigenvalue weighted by Gasteiger charge is 2.36. The van der Waals surface area contributed by atoms with Crippen LogP contribution in [0.1, 0.15) is 48.0 Å². The minimum atomic E-state index is -4.40. The van der Waals surface area contributed by atoms with Crippen molar-refractivity contribution in [1.82, 2.24) is 5.32 Å². The minimum absolute atomic E-state index is 0.139. The van der Waals surface area contributed by atoms with E-state index in [4.69, 9.17) is 0 Å². The van der Waals surface area contributed by atoms with E-state index < -0.39 is 11.7 Å². The van der Waals surface area contributed by atoms with Gasteiger partial charge in [-0.25, -0.2) is 0 Å². The second kappa shape index (κ2) is 5.44. The van der Waals surface area contributed by atoms with Crippen LogP contribution in [0.25, 0.3) is 0 Å². The third kappa shape index (κ3) is 3.12. The normalized spacial score (nSPS) is 29.2. The van der Waals surface area contributed by atoms with Crippen LogP contribution in [0.15, 0.2) is 24.3 Å². The Hall–Kier alpha value is -1.36. The molecular formula is C16H18F3NO. The van der Waals surface area contributed by atoms with Crippen molar-refractivity contribution < 1.29 is 18.0 Å². The lowest BCUT2D eigenvalue weighted by atomic mass is 9.77. The summed E-state index contributed by atoms with van der Waals surface area (Å²) < 4.78 is 38.2. The molecule has 2 bridgehead atoms. The van der Waals surface area contributed by atoms with Crippen molar-refractivity contribution in [3.05, 3.63) is 35.4 Å². The lowest BCUT2D eigenvalue weighted by Gasteiger charge is -2.39. The van der Waals surface area contributed by atoms with Crippen LogP contribution < -0.4 is 5.32 Å². The smallest absolute Gasteiger partial charge is 0.311 e. The Bertz CT molecular complexity index is 529. The molecule has 2 nitrogen and oxygen atoms in total. The molecule has 1 aromatic carbocycles. The third-order valence-electron chi connectivity index (χ3n) is 4.56. The summed E-state index contributed by atoms with van der Waals surface area (Å²) in [5.74, 6) is -0.287. The second-order valence-electron chi connectivity index (χ2n) is 6.10. The lowest BCUT2D eigenvalue weighted by molar-refractivity contribution is -0.137. The predicted molar refractivity (Wildman–Crippen MR) is 73.1 cm³/mol. The van der Waals surface area contributed by atoms with E-state index in [0.29, 0.717) is 12.1 Å². The number of Topliss-reactive ketones (excluding diaryl/α,β-unsaturated/α-hetero) is 1. The zero-order valence-electron chi connectivity index (χ0n) is 11.6. The molecule has 0 aromatic heterocycles. The van der Waals surface area contributed by atoms with Gasteiger partial charge in [-0.3, -0.25) is 4.79 Å². The Kier molecular flexibility index (Phi) is 3.78. The summed E-state index contributed by atoms with van der Waals surface area (Å²) in [7, 11) is 0. The Morgan fingerprint density at radius 1 is 1.14 bits per heavy atom. The van der Waals surface area contributed by atoms with Gasteiger partial charge in [0.1, 0.15) is 0 Å². The molecule has 0 saturated carbocycles. The largest absolute Gasteiger partial charge is 0.416 e. The van der Waals surface area contributed by atoms with Gasteiger partial charge in [0.05, 0.1) is 5.56 Å². The topological polar surface area (TPSA) is 29.1 Å². The summed E-state index contributed by atoms with van der Waals surface area (Å²) in [6, 6.07) is 5.50. The molecule has 0 radical (unpaired) electrons. The molecule has 1 aromatic rings. The average molecular weight is 297 g/mol. The number of carbonyl (C=O) groups is 1. The van der Waals surface area contributed by atoms with Crippen LogP contribution >= 0.6 is 0 Å². The van der Waals surface area contributed by atoms with Crippen molar-refractivity contribution in [2.75, 3.05) is 0 Å². The van der Waals surface area contributed by atoms with E-state index in [1.807, 2.05) is 0 Å². The number of alkyl halides is 3. The molecule has 2 atom stereocenters. The fourth-order valence-electron chi connectivity index (χ4n) is 3.56. The molecule has 2 fully saturated rings. The monoisotopic (exact) mass is 297 g/mol. The number of rotatable bonds is 2. The van der Waals surface area contributed by atoms with Crippen molar-refractivity contribution in [2.45, 2.75) is 50.4 Å². The molecule has 1 N–H and O–H groups in total. The van der Waals surface area contributed by atoms with Gasteiger partial charge < -0.3 is 5.32 Å². The van der Waals surface area contributed by atoms with E-state index in [1.54, 1.807) is 0 Å². The highest BCUT2D eigenvalue weighted by molar-refractivity contribution is 5.98. The molecule has 2 aliphatic heterocycles. The fraction of sp³-hybridized carbons (Fsp3) is 0.562. The zero-order chi connectivity index (χ0) is 15.0. The summed E-state index contributed by atoms with van der Waals surface area (Å²) >= 11 is 0. The van der Waals surface area contributed by atoms with Gasteiger partial charge in [-0.1, -0.05) is 18.6 Å². The Labute approximate surface area is 121 Å². The van der Waals surface area contributed by atoms with Crippen molar-refractivity contribution in [3.8, 4) is 0 Å². The standard InChI is InChI=1S/C16H18F3NO/c17-16(18,19)12-4-1-3-10(7-12)15(21)11-8-13-5-2-6-14(9-11)20-13/h1,3-4,7,11,13-14,20H,2,5-6,8-9H2. The summed E-state index contributed by atoms with van der Waals surface area (Å²) in [5.41, 5.74) is -0.558. The number of fused-ring (bicyclic) bond motifs is 2. The summed E-state index contributed by atoms with van der Waals surface area (Å²) in [6.45, 7) is 0. The van der Waals surface area contributed by atoms with Gasteiger partial charge in [0, 0.05) is 23.6 Å². The van der Waals surface area contributed by atoms with E-state index in [2.05, 4.69) is 5.32 Å². The Morgan fingerprint density at radius 2 is 1.81 bits per heavy atom. The molecule has 21 heavy (non-hydrogen) atoms. The maximum atomic E-state index is 12.7. The Balaban J connectivity index is 1.79. The van der Waals surface area contributed by atoms with Crippen LogP contribution in [0.5, 0.6) is 0 Å². The molecule has 0 aliphatic carbocycles. The number of hydrogen-bond acceptors (Lipinski definition) is 2. The number of ketones is 1. The van der Waals surface area contributed by atoms with Gasteiger partial charge in [-0.15, -0.1) is 0 Å². The van der Waals surface area contributed by atoms with Gasteiger partial charge in [0.2, 0.25) is 0 Å². The predicted octanol–water partition coefficient (Wildman–Crippen LogP) is 3.81. The fourth-order valence-corrected chi connectivity index (χ4v) is 3.56. The van der Waals surface area contributed by atoms with Crippen LogP contribution in [0, 0.1) is 5.92 Å². The maximum absolute atomic E-state index is 12.7. The number of hydrogen-bond donors (Lipinski definition) is 1. The SMILES string of the molecule is O=C(c1cccc(C(F)(F)F)c1)C1CC2CCCC(C1)N2. The Morgan fingerprint density at radius 3 is 2.43 bits per heavy atom. The van der Waals surface area contributed by atoms with Crippen molar-refractivity contribution in [2.24, 2.45) is 5.92 Å². The summed E-state index contributed by atoms with van der Waals surface area (Å²) in [5, 5.41) is 3.49. The maximum Gasteiger partial charge on any atom is 0.416 e. The number of nitrogens with one attached hydrogen (secondary N) is 1. The average Bonchev–Trinajstić information content (AvgIpc) is 2.45. The van der Waals surface area contributed by atoms with Crippen LogP contribution in [0.4, 0.5) is 13.2 Å². The molecule has 0 amide bonds. The molecule has 0 spiro atoms. The van der Waals surface area contributed by atoms with E-state index >= 15 is 0 Å². The lowest BCUT2D eigenvalue weighted by Crippen LogP contribution is -2.50. The molecule has 3 rings (SSSR count). The van der Waals surface area contributed by atoms with Gasteiger partial charge >= 0.3 is 6.18 Å². The van der Waals surface area contributed by atoms with Gasteiger partial charge in [0.15, 0.2) is 5.78 Å². The number of halogens is 3. The molecule has 114 valence electrons. The van der Waals surface area contributed by atoms with Gasteiger partial charge in [0.25, 0.3) is 0 Å². The molecule has 2 saturated heterocycles. The summed E-state index contributed by atoms with van der Waals surface area (Å²) in [4.78, 5) is 12.5. The van der Waals surface area contributed by atoms with E-state index in [-0.39, 0.29) is 17.3 Å². The van der Waals surface area contributed by atoms with E-state index in [9.17, 15) is 18.0 Å². The highest BCUT2D eigenvalue weighted by Crippen LogP contribution is 2.33. The quantitative estimate of drug-likeness (QED) is 0.841. The second-order valence-corrected chi connectivity index (χ2v) is 6.10. The van der Waals surface area contributed by atoms with Gasteiger partial charge in [-0.2, -0.15) is 13.2 Å². The molecule has 2 unspecified atom stereocenters. The number of piperidine rings is 2. The van der Waals surface area contributed by atoms with Crippen molar-refractivity contribution >= 4 is 5.78 Å². The number of carbonyl (C=O) groups excluding carboxylic acids is 1. The molecule has 2 aliphatic rings. The first-order chi connectivity index (χ1) is 9.93. The zero-order valence-corrected chi connectivity index (χ0v) is 11.6. The van der Waals surface area contributed by atoms with E-state index in [1.165, 1.54) is 18.6 Å².